The van der Waals surface area contributed by atoms with Crippen molar-refractivity contribution in [1.29, 1.82) is 0 Å². The smallest absolute Gasteiger partial charge is 0.416 e. The van der Waals surface area contributed by atoms with Gasteiger partial charge in [0.25, 0.3) is 0 Å². The van der Waals surface area contributed by atoms with Gasteiger partial charge in [0.1, 0.15) is 12.4 Å². The van der Waals surface area contributed by atoms with Gasteiger partial charge in [0.15, 0.2) is 0 Å². The molecule has 0 saturated heterocycles. The number of halogens is 4. The van der Waals surface area contributed by atoms with Gasteiger partial charge in [-0.1, -0.05) is 34.1 Å². The number of rotatable bonds is 7. The SMILES string of the molecule is COCCOC(=O)C1=C(C)N(c2cccc(C(F)(F)F)c2)C(N)=C(C(=O)OC)C1c1ccc(Br)cc1. The van der Waals surface area contributed by atoms with Crippen LogP contribution in [0.1, 0.15) is 24.0 Å². The maximum atomic E-state index is 13.4. The van der Waals surface area contributed by atoms with Crippen LogP contribution >= 0.6 is 15.9 Å². The number of nitrogens with two attached hydrogens (primary N) is 1. The van der Waals surface area contributed by atoms with E-state index in [4.69, 9.17) is 19.9 Å². The Bertz CT molecular complexity index is 1210. The van der Waals surface area contributed by atoms with Crippen molar-refractivity contribution < 1.29 is 37.0 Å². The third-order valence-corrected chi connectivity index (χ3v) is 6.13. The summed E-state index contributed by atoms with van der Waals surface area (Å²) in [5, 5.41) is 0. The van der Waals surface area contributed by atoms with Crippen LogP contribution in [-0.2, 0) is 30.0 Å². The fraction of sp³-hybridized carbons (Fsp3) is 0.280. The Morgan fingerprint density at radius 2 is 1.69 bits per heavy atom. The molecule has 2 N–H and O–H groups in total. The first-order valence-electron chi connectivity index (χ1n) is 10.7. The molecular weight excluding hydrogens is 545 g/mol. The molecule has 0 spiro atoms. The first-order chi connectivity index (χ1) is 17.0. The van der Waals surface area contributed by atoms with Crippen LogP contribution in [0.5, 0.6) is 0 Å². The van der Waals surface area contributed by atoms with Crippen molar-refractivity contribution >= 4 is 33.6 Å². The Morgan fingerprint density at radius 1 is 1.03 bits per heavy atom. The van der Waals surface area contributed by atoms with Gasteiger partial charge in [-0.25, -0.2) is 9.59 Å². The van der Waals surface area contributed by atoms with E-state index in [0.717, 1.165) is 23.7 Å². The normalized spacial score (nSPS) is 16.3. The summed E-state index contributed by atoms with van der Waals surface area (Å²) in [6.07, 6.45) is -4.62. The summed E-state index contributed by atoms with van der Waals surface area (Å²) < 4.78 is 56.4. The Hall–Kier alpha value is -3.31. The molecule has 1 aliphatic heterocycles. The van der Waals surface area contributed by atoms with Gasteiger partial charge < -0.3 is 24.8 Å². The minimum Gasteiger partial charge on any atom is -0.466 e. The molecule has 1 unspecified atom stereocenters. The lowest BCUT2D eigenvalue weighted by Crippen LogP contribution is -2.39. The predicted octanol–water partition coefficient (Wildman–Crippen LogP) is 4.88. The molecule has 0 aromatic heterocycles. The lowest BCUT2D eigenvalue weighted by atomic mass is 9.80. The largest absolute Gasteiger partial charge is 0.466 e. The van der Waals surface area contributed by atoms with Gasteiger partial charge >= 0.3 is 18.1 Å². The van der Waals surface area contributed by atoms with E-state index >= 15 is 0 Å². The van der Waals surface area contributed by atoms with Crippen molar-refractivity contribution in [3.63, 3.8) is 0 Å². The molecule has 3 rings (SSSR count). The van der Waals surface area contributed by atoms with E-state index in [1.54, 1.807) is 24.3 Å². The quantitative estimate of drug-likeness (QED) is 0.376. The zero-order valence-electron chi connectivity index (χ0n) is 19.7. The van der Waals surface area contributed by atoms with Gasteiger partial charge in [0, 0.05) is 23.0 Å². The number of anilines is 1. The van der Waals surface area contributed by atoms with Gasteiger partial charge in [-0.2, -0.15) is 13.2 Å². The van der Waals surface area contributed by atoms with Crippen molar-refractivity contribution in [3.05, 3.63) is 86.8 Å². The molecule has 192 valence electrons. The van der Waals surface area contributed by atoms with Crippen molar-refractivity contribution in [2.45, 2.75) is 19.0 Å². The fourth-order valence-corrected chi connectivity index (χ4v) is 4.22. The summed E-state index contributed by atoms with van der Waals surface area (Å²) in [7, 11) is 2.59. The summed E-state index contributed by atoms with van der Waals surface area (Å²) in [6, 6.07) is 11.3. The van der Waals surface area contributed by atoms with E-state index in [1.165, 1.54) is 31.1 Å². The number of carbonyl (C=O) groups excluding carboxylic acids is 2. The number of hydrogen-bond donors (Lipinski definition) is 1. The molecule has 7 nitrogen and oxygen atoms in total. The molecule has 11 heteroatoms. The Labute approximate surface area is 214 Å². The molecule has 0 radical (unpaired) electrons. The lowest BCUT2D eigenvalue weighted by Gasteiger charge is -2.37. The Balaban J connectivity index is 2.29. The fourth-order valence-electron chi connectivity index (χ4n) is 3.96. The number of allylic oxidation sites excluding steroid dienone is 1. The molecule has 2 aromatic carbocycles. The van der Waals surface area contributed by atoms with E-state index in [2.05, 4.69) is 15.9 Å². The molecule has 1 atom stereocenters. The molecule has 0 fully saturated rings. The summed E-state index contributed by atoms with van der Waals surface area (Å²) >= 11 is 3.35. The van der Waals surface area contributed by atoms with Gasteiger partial charge in [-0.05, 0) is 42.8 Å². The minimum atomic E-state index is -4.62. The van der Waals surface area contributed by atoms with Crippen molar-refractivity contribution in [2.75, 3.05) is 32.3 Å². The number of ether oxygens (including phenoxy) is 3. The van der Waals surface area contributed by atoms with Crippen LogP contribution in [0, 0.1) is 0 Å². The molecule has 0 bridgehead atoms. The van der Waals surface area contributed by atoms with Gasteiger partial charge in [-0.15, -0.1) is 0 Å². The monoisotopic (exact) mass is 568 g/mol. The van der Waals surface area contributed by atoms with Crippen molar-refractivity contribution in [2.24, 2.45) is 5.73 Å². The van der Waals surface area contributed by atoms with E-state index in [0.29, 0.717) is 5.56 Å². The molecule has 1 heterocycles. The number of alkyl halides is 3. The molecule has 0 aliphatic carbocycles. The summed E-state index contributed by atoms with van der Waals surface area (Å²) in [5.41, 5.74) is 6.18. The maximum Gasteiger partial charge on any atom is 0.416 e. The van der Waals surface area contributed by atoms with E-state index in [-0.39, 0.29) is 41.6 Å². The van der Waals surface area contributed by atoms with E-state index < -0.39 is 29.6 Å². The topological polar surface area (TPSA) is 91.1 Å². The third kappa shape index (κ3) is 5.57. The molecule has 0 amide bonds. The second-order valence-corrected chi connectivity index (χ2v) is 8.70. The maximum absolute atomic E-state index is 13.4. The highest BCUT2D eigenvalue weighted by Gasteiger charge is 2.42. The van der Waals surface area contributed by atoms with Crippen molar-refractivity contribution in [1.82, 2.24) is 0 Å². The molecule has 36 heavy (non-hydrogen) atoms. The molecule has 0 saturated carbocycles. The standard InChI is InChI=1S/C25H24BrF3N2O5/c1-14-19(24(33)36-12-11-34-2)20(15-7-9-17(26)10-8-15)21(23(32)35-3)22(30)31(14)18-6-4-5-16(13-18)25(27,28)29/h4-10,13,20H,11-12,30H2,1-3H3. The lowest BCUT2D eigenvalue weighted by molar-refractivity contribution is -0.141. The predicted molar refractivity (Wildman–Crippen MR) is 130 cm³/mol. The van der Waals surface area contributed by atoms with Crippen LogP contribution in [0.2, 0.25) is 0 Å². The number of nitrogens with zero attached hydrogens (tertiary/aromatic N) is 1. The summed E-state index contributed by atoms with van der Waals surface area (Å²) in [6.45, 7) is 1.58. The Kier molecular flexibility index (Phi) is 8.47. The van der Waals surface area contributed by atoms with Crippen LogP contribution in [0.25, 0.3) is 0 Å². The van der Waals surface area contributed by atoms with Crippen LogP contribution in [0.4, 0.5) is 18.9 Å². The average Bonchev–Trinajstić information content (AvgIpc) is 2.83. The zero-order valence-corrected chi connectivity index (χ0v) is 21.3. The number of methoxy groups -OCH3 is 2. The van der Waals surface area contributed by atoms with Crippen LogP contribution < -0.4 is 10.6 Å². The number of esters is 2. The number of benzene rings is 2. The van der Waals surface area contributed by atoms with E-state index in [9.17, 15) is 22.8 Å². The zero-order chi connectivity index (χ0) is 26.6. The number of hydrogen-bond acceptors (Lipinski definition) is 7. The molecule has 1 aliphatic rings. The first kappa shape index (κ1) is 27.3. The highest BCUT2D eigenvalue weighted by molar-refractivity contribution is 9.10. The summed E-state index contributed by atoms with van der Waals surface area (Å²) in [5.74, 6) is -2.78. The average molecular weight is 569 g/mol. The van der Waals surface area contributed by atoms with Gasteiger partial charge in [-0.3, -0.25) is 0 Å². The number of carbonyl (C=O) groups is 2. The van der Waals surface area contributed by atoms with Crippen molar-refractivity contribution in [3.8, 4) is 0 Å². The van der Waals surface area contributed by atoms with Gasteiger partial charge in [0.05, 0.1) is 36.3 Å². The third-order valence-electron chi connectivity index (χ3n) is 5.60. The van der Waals surface area contributed by atoms with Crippen LogP contribution in [0.3, 0.4) is 0 Å². The molecular formula is C25H24BrF3N2O5. The second kappa shape index (κ2) is 11.2. The Morgan fingerprint density at radius 3 is 2.28 bits per heavy atom. The van der Waals surface area contributed by atoms with Crippen LogP contribution in [-0.4, -0.2) is 39.4 Å². The van der Waals surface area contributed by atoms with E-state index in [1.807, 2.05) is 0 Å². The van der Waals surface area contributed by atoms with Gasteiger partial charge in [0.2, 0.25) is 0 Å². The van der Waals surface area contributed by atoms with Crippen LogP contribution in [0.15, 0.2) is 75.7 Å². The highest BCUT2D eigenvalue weighted by atomic mass is 79.9. The highest BCUT2D eigenvalue weighted by Crippen LogP contribution is 2.44. The summed E-state index contributed by atoms with van der Waals surface area (Å²) in [4.78, 5) is 27.6. The second-order valence-electron chi connectivity index (χ2n) is 7.79. The minimum absolute atomic E-state index is 0.0117. The first-order valence-corrected chi connectivity index (χ1v) is 11.5. The molecule has 2 aromatic rings.